The molecule has 0 aliphatic rings. The zero-order valence-corrected chi connectivity index (χ0v) is 20.6. The topological polar surface area (TPSA) is 76.4 Å². The van der Waals surface area contributed by atoms with E-state index in [1.54, 1.807) is 40.5 Å². The fraction of sp³-hybridized carbons (Fsp3) is 0.296. The number of thiophene rings is 1. The quantitative estimate of drug-likeness (QED) is 0.426. The molecule has 3 amide bonds. The Morgan fingerprint density at radius 3 is 2.32 bits per heavy atom. The molecule has 1 heterocycles. The van der Waals surface area contributed by atoms with E-state index in [0.717, 1.165) is 16.9 Å². The summed E-state index contributed by atoms with van der Waals surface area (Å²) in [6, 6.07) is 22.3. The smallest absolute Gasteiger partial charge is 0.322 e. The van der Waals surface area contributed by atoms with Crippen molar-refractivity contribution >= 4 is 29.0 Å². The molecular formula is C27H30N4O2S. The standard InChI is InChI=1S/C27H30N4O2S/c1-4-20(2)31(27(33)29-24-13-11-22(16-28)12-14-24)19-26(32)30(17-23-8-6-5-7-9-23)18-25-15-10-21(3)34-25/h5-15,20H,4,17-19H2,1-3H3,(H,29,33). The van der Waals surface area contributed by atoms with E-state index in [4.69, 9.17) is 5.26 Å². The lowest BCUT2D eigenvalue weighted by Crippen LogP contribution is -2.47. The van der Waals surface area contributed by atoms with Crippen molar-refractivity contribution in [3.8, 4) is 6.07 Å². The van der Waals surface area contributed by atoms with Crippen molar-refractivity contribution in [1.82, 2.24) is 9.80 Å². The molecule has 0 aliphatic carbocycles. The molecule has 6 nitrogen and oxygen atoms in total. The van der Waals surface area contributed by atoms with E-state index in [2.05, 4.69) is 30.4 Å². The van der Waals surface area contributed by atoms with Crippen molar-refractivity contribution in [2.75, 3.05) is 11.9 Å². The molecule has 1 N–H and O–H groups in total. The van der Waals surface area contributed by atoms with Gasteiger partial charge in [0.1, 0.15) is 6.54 Å². The molecule has 176 valence electrons. The van der Waals surface area contributed by atoms with Crippen molar-refractivity contribution in [1.29, 1.82) is 5.26 Å². The van der Waals surface area contributed by atoms with Crippen molar-refractivity contribution in [2.45, 2.75) is 46.3 Å². The summed E-state index contributed by atoms with van der Waals surface area (Å²) >= 11 is 1.68. The summed E-state index contributed by atoms with van der Waals surface area (Å²) in [6.07, 6.45) is 0.719. The zero-order chi connectivity index (χ0) is 24.5. The summed E-state index contributed by atoms with van der Waals surface area (Å²) in [4.78, 5) is 32.3. The first-order valence-corrected chi connectivity index (χ1v) is 12.2. The number of carbonyl (C=O) groups is 2. The predicted molar refractivity (Wildman–Crippen MR) is 136 cm³/mol. The Kier molecular flexibility index (Phi) is 8.83. The number of benzene rings is 2. The Hall–Kier alpha value is -3.63. The summed E-state index contributed by atoms with van der Waals surface area (Å²) in [5.41, 5.74) is 2.15. The van der Waals surface area contributed by atoms with E-state index in [9.17, 15) is 9.59 Å². The van der Waals surface area contributed by atoms with Crippen LogP contribution in [0.25, 0.3) is 0 Å². The number of urea groups is 1. The van der Waals surface area contributed by atoms with Crippen molar-refractivity contribution in [3.63, 3.8) is 0 Å². The second kappa shape index (κ2) is 12.0. The van der Waals surface area contributed by atoms with Crippen molar-refractivity contribution in [2.24, 2.45) is 0 Å². The van der Waals surface area contributed by atoms with Crippen LogP contribution in [-0.2, 0) is 17.9 Å². The first-order valence-electron chi connectivity index (χ1n) is 11.3. The number of nitriles is 1. The molecule has 34 heavy (non-hydrogen) atoms. The molecule has 0 saturated carbocycles. The summed E-state index contributed by atoms with van der Waals surface area (Å²) < 4.78 is 0. The third kappa shape index (κ3) is 6.93. The lowest BCUT2D eigenvalue weighted by molar-refractivity contribution is -0.133. The molecule has 1 aromatic heterocycles. The molecule has 2 aromatic carbocycles. The largest absolute Gasteiger partial charge is 0.332 e. The number of nitrogens with one attached hydrogen (secondary N) is 1. The van der Waals surface area contributed by atoms with Crippen LogP contribution < -0.4 is 5.32 Å². The molecule has 0 fully saturated rings. The van der Waals surface area contributed by atoms with Gasteiger partial charge in [-0.3, -0.25) is 4.79 Å². The molecule has 0 bridgehead atoms. The maximum Gasteiger partial charge on any atom is 0.322 e. The normalized spacial score (nSPS) is 11.4. The lowest BCUT2D eigenvalue weighted by atomic mass is 10.2. The van der Waals surface area contributed by atoms with Crippen LogP contribution in [0.1, 0.15) is 41.1 Å². The van der Waals surface area contributed by atoms with Gasteiger partial charge in [-0.25, -0.2) is 4.79 Å². The van der Waals surface area contributed by atoms with Gasteiger partial charge in [-0.1, -0.05) is 37.3 Å². The number of rotatable bonds is 9. The Balaban J connectivity index is 1.77. The first kappa shape index (κ1) is 25.0. The van der Waals surface area contributed by atoms with Crippen molar-refractivity contribution < 1.29 is 9.59 Å². The highest BCUT2D eigenvalue weighted by atomic mass is 32.1. The molecule has 0 saturated heterocycles. The van der Waals surface area contributed by atoms with Gasteiger partial charge in [-0.2, -0.15) is 5.26 Å². The van der Waals surface area contributed by atoms with E-state index < -0.39 is 0 Å². The second-order valence-electron chi connectivity index (χ2n) is 8.25. The first-order chi connectivity index (χ1) is 16.4. The average Bonchev–Trinajstić information content (AvgIpc) is 3.27. The number of anilines is 1. The lowest BCUT2D eigenvalue weighted by Gasteiger charge is -2.31. The van der Waals surface area contributed by atoms with E-state index in [0.29, 0.717) is 24.3 Å². The third-order valence-corrected chi connectivity index (χ3v) is 6.65. The second-order valence-corrected chi connectivity index (χ2v) is 9.62. The number of hydrogen-bond donors (Lipinski definition) is 1. The van der Waals surface area contributed by atoms with E-state index in [-0.39, 0.29) is 24.5 Å². The minimum Gasteiger partial charge on any atom is -0.332 e. The molecule has 7 heteroatoms. The maximum atomic E-state index is 13.5. The summed E-state index contributed by atoms with van der Waals surface area (Å²) in [6.45, 7) is 6.94. The van der Waals surface area contributed by atoms with Crippen LogP contribution in [0.3, 0.4) is 0 Å². The van der Waals surface area contributed by atoms with Crippen LogP contribution in [0.15, 0.2) is 66.7 Å². The Labute approximate surface area is 205 Å². The highest BCUT2D eigenvalue weighted by Gasteiger charge is 2.25. The fourth-order valence-electron chi connectivity index (χ4n) is 3.51. The molecule has 3 rings (SSSR count). The SMILES string of the molecule is CCC(C)N(CC(=O)N(Cc1ccccc1)Cc1ccc(C)s1)C(=O)Nc1ccc(C#N)cc1. The molecule has 1 atom stereocenters. The zero-order valence-electron chi connectivity index (χ0n) is 19.8. The minimum absolute atomic E-state index is 0.0195. The monoisotopic (exact) mass is 474 g/mol. The van der Waals surface area contributed by atoms with Gasteiger partial charge in [-0.05, 0) is 62.2 Å². The van der Waals surface area contributed by atoms with Crippen LogP contribution in [0.4, 0.5) is 10.5 Å². The average molecular weight is 475 g/mol. The molecule has 0 radical (unpaired) electrons. The van der Waals surface area contributed by atoms with Gasteiger partial charge in [-0.15, -0.1) is 11.3 Å². The summed E-state index contributed by atoms with van der Waals surface area (Å²) in [7, 11) is 0. The highest BCUT2D eigenvalue weighted by Crippen LogP contribution is 2.20. The molecule has 0 aliphatic heterocycles. The van der Waals surface area contributed by atoms with Gasteiger partial charge in [0.25, 0.3) is 0 Å². The van der Waals surface area contributed by atoms with E-state index >= 15 is 0 Å². The van der Waals surface area contributed by atoms with Gasteiger partial charge in [0, 0.05) is 28.0 Å². The van der Waals surface area contributed by atoms with Crippen LogP contribution in [0.2, 0.25) is 0 Å². The van der Waals surface area contributed by atoms with Crippen molar-refractivity contribution in [3.05, 3.63) is 87.6 Å². The van der Waals surface area contributed by atoms with Gasteiger partial charge < -0.3 is 15.1 Å². The van der Waals surface area contributed by atoms with Crippen LogP contribution in [0.5, 0.6) is 0 Å². The minimum atomic E-state index is -0.334. The van der Waals surface area contributed by atoms with E-state index in [1.807, 2.05) is 49.1 Å². The summed E-state index contributed by atoms with van der Waals surface area (Å²) in [5.74, 6) is -0.106. The van der Waals surface area contributed by atoms with E-state index in [1.165, 1.54) is 4.88 Å². The van der Waals surface area contributed by atoms with Gasteiger partial charge in [0.05, 0.1) is 18.2 Å². The van der Waals surface area contributed by atoms with Gasteiger partial charge in [0.15, 0.2) is 0 Å². The molecular weight excluding hydrogens is 444 g/mol. The molecule has 1 unspecified atom stereocenters. The Bertz CT molecular complexity index is 1140. The molecule has 3 aromatic rings. The van der Waals surface area contributed by atoms with Crippen LogP contribution >= 0.6 is 11.3 Å². The maximum absolute atomic E-state index is 13.5. The Morgan fingerprint density at radius 1 is 1.03 bits per heavy atom. The highest BCUT2D eigenvalue weighted by molar-refractivity contribution is 7.11. The predicted octanol–water partition coefficient (Wildman–Crippen LogP) is 5.79. The number of hydrogen-bond acceptors (Lipinski definition) is 4. The fourth-order valence-corrected chi connectivity index (χ4v) is 4.42. The molecule has 0 spiro atoms. The number of amides is 3. The Morgan fingerprint density at radius 2 is 1.74 bits per heavy atom. The van der Waals surface area contributed by atoms with Crippen LogP contribution in [-0.4, -0.2) is 34.3 Å². The van der Waals surface area contributed by atoms with Crippen LogP contribution in [0, 0.1) is 18.3 Å². The van der Waals surface area contributed by atoms with Gasteiger partial charge >= 0.3 is 6.03 Å². The third-order valence-electron chi connectivity index (χ3n) is 5.67. The van der Waals surface area contributed by atoms with Gasteiger partial charge in [0.2, 0.25) is 5.91 Å². The number of nitrogens with zero attached hydrogens (tertiary/aromatic N) is 3. The summed E-state index contributed by atoms with van der Waals surface area (Å²) in [5, 5.41) is 11.8. The number of carbonyl (C=O) groups excluding carboxylic acids is 2. The number of aryl methyl sites for hydroxylation is 1.